The third-order valence-electron chi connectivity index (χ3n) is 3.74. The number of nitrogens with one attached hydrogen (secondary N) is 2. The predicted molar refractivity (Wildman–Crippen MR) is 108 cm³/mol. The summed E-state index contributed by atoms with van der Waals surface area (Å²) in [5.41, 5.74) is 1.05. The third-order valence-corrected chi connectivity index (χ3v) is 3.74. The number of hydrogen-bond acceptors (Lipinski definition) is 4. The molecule has 25 heavy (non-hydrogen) atoms. The van der Waals surface area contributed by atoms with Gasteiger partial charge in [0.2, 0.25) is 5.88 Å². The number of aromatic nitrogens is 1. The van der Waals surface area contributed by atoms with Gasteiger partial charge in [-0.15, -0.1) is 24.0 Å². The lowest BCUT2D eigenvalue weighted by Crippen LogP contribution is -2.36. The van der Waals surface area contributed by atoms with Gasteiger partial charge in [0.05, 0.1) is 26.0 Å². The second-order valence-electron chi connectivity index (χ2n) is 5.89. The highest BCUT2D eigenvalue weighted by atomic mass is 127. The molecular weight excluding hydrogens is 431 g/mol. The van der Waals surface area contributed by atoms with Crippen LogP contribution in [0.15, 0.2) is 46.1 Å². The van der Waals surface area contributed by atoms with Crippen LogP contribution in [-0.2, 0) is 13.1 Å². The zero-order chi connectivity index (χ0) is 16.6. The van der Waals surface area contributed by atoms with Crippen molar-refractivity contribution in [1.82, 2.24) is 15.6 Å². The molecule has 2 heterocycles. The molecule has 2 aromatic rings. The zero-order valence-corrected chi connectivity index (χ0v) is 16.7. The summed E-state index contributed by atoms with van der Waals surface area (Å²) in [4.78, 5) is 8.91. The van der Waals surface area contributed by atoms with Crippen molar-refractivity contribution in [1.29, 1.82) is 0 Å². The van der Waals surface area contributed by atoms with Crippen LogP contribution in [0.1, 0.15) is 31.1 Å². The van der Waals surface area contributed by atoms with Gasteiger partial charge in [0, 0.05) is 18.8 Å². The molecule has 0 atom stereocenters. The topological polar surface area (TPSA) is 71.7 Å². The fourth-order valence-corrected chi connectivity index (χ4v) is 2.17. The number of nitrogens with zero attached hydrogens (tertiary/aromatic N) is 2. The summed E-state index contributed by atoms with van der Waals surface area (Å²) in [5, 5.41) is 6.46. The Morgan fingerprint density at radius 3 is 2.84 bits per heavy atom. The van der Waals surface area contributed by atoms with Gasteiger partial charge in [-0.25, -0.2) is 9.98 Å². The molecule has 3 rings (SSSR count). The van der Waals surface area contributed by atoms with E-state index < -0.39 is 0 Å². The molecule has 6 nitrogen and oxygen atoms in total. The van der Waals surface area contributed by atoms with Crippen LogP contribution in [0.3, 0.4) is 0 Å². The molecule has 0 aliphatic heterocycles. The third kappa shape index (κ3) is 6.93. The van der Waals surface area contributed by atoms with E-state index in [2.05, 4.69) is 20.6 Å². The van der Waals surface area contributed by atoms with Gasteiger partial charge in [0.15, 0.2) is 5.96 Å². The van der Waals surface area contributed by atoms with Gasteiger partial charge in [0.1, 0.15) is 5.76 Å². The lowest BCUT2D eigenvalue weighted by atomic mass is 10.3. The molecule has 0 unspecified atom stereocenters. The van der Waals surface area contributed by atoms with Gasteiger partial charge in [-0.2, -0.15) is 0 Å². The highest BCUT2D eigenvalue weighted by Crippen LogP contribution is 2.29. The van der Waals surface area contributed by atoms with Crippen molar-refractivity contribution in [3.05, 3.63) is 48.0 Å². The van der Waals surface area contributed by atoms with Gasteiger partial charge in [-0.05, 0) is 43.4 Å². The van der Waals surface area contributed by atoms with Crippen molar-refractivity contribution in [2.75, 3.05) is 13.2 Å². The lowest BCUT2D eigenvalue weighted by molar-refractivity contribution is 0.288. The van der Waals surface area contributed by atoms with E-state index in [9.17, 15) is 0 Å². The van der Waals surface area contributed by atoms with E-state index in [0.29, 0.717) is 19.0 Å². The van der Waals surface area contributed by atoms with E-state index in [1.807, 2.05) is 37.4 Å². The van der Waals surface area contributed by atoms with Crippen molar-refractivity contribution in [2.24, 2.45) is 10.9 Å². The molecular formula is C18H25IN4O2. The van der Waals surface area contributed by atoms with Crippen molar-refractivity contribution >= 4 is 29.9 Å². The number of aliphatic imine (C=N–C) groups is 1. The Labute approximate surface area is 165 Å². The largest absolute Gasteiger partial charge is 0.477 e. The van der Waals surface area contributed by atoms with Crippen LogP contribution in [0.4, 0.5) is 0 Å². The lowest BCUT2D eigenvalue weighted by Gasteiger charge is -2.10. The van der Waals surface area contributed by atoms with Gasteiger partial charge in [0.25, 0.3) is 0 Å². The summed E-state index contributed by atoms with van der Waals surface area (Å²) >= 11 is 0. The first-order chi connectivity index (χ1) is 11.8. The Morgan fingerprint density at radius 1 is 1.32 bits per heavy atom. The normalized spacial score (nSPS) is 13.9. The number of furan rings is 1. The quantitative estimate of drug-likeness (QED) is 0.362. The number of rotatable bonds is 8. The molecule has 2 N–H and O–H groups in total. The summed E-state index contributed by atoms with van der Waals surface area (Å²) in [7, 11) is 0. The average Bonchev–Trinajstić information content (AvgIpc) is 3.30. The summed E-state index contributed by atoms with van der Waals surface area (Å²) < 4.78 is 11.0. The molecule has 0 aromatic carbocycles. The van der Waals surface area contributed by atoms with E-state index >= 15 is 0 Å². The maximum absolute atomic E-state index is 5.65. The summed E-state index contributed by atoms with van der Waals surface area (Å²) in [6.07, 6.45) is 6.05. The number of ether oxygens (including phenoxy) is 1. The summed E-state index contributed by atoms with van der Waals surface area (Å²) in [5.74, 6) is 3.05. The van der Waals surface area contributed by atoms with Crippen LogP contribution in [0.5, 0.6) is 5.88 Å². The molecule has 2 aromatic heterocycles. The molecule has 0 amide bonds. The standard InChI is InChI=1S/C18H24N4O2.HI/c1-2-19-18(22-12-16-4-3-9-23-16)21-11-15-7-8-17(20-10-15)24-13-14-5-6-14;/h3-4,7-10,14H,2,5-6,11-13H2,1H3,(H2,19,21,22);1H. The molecule has 1 fully saturated rings. The Kier molecular flexibility index (Phi) is 8.03. The van der Waals surface area contributed by atoms with E-state index in [4.69, 9.17) is 9.15 Å². The van der Waals surface area contributed by atoms with Crippen LogP contribution < -0.4 is 15.4 Å². The fraction of sp³-hybridized carbons (Fsp3) is 0.444. The molecule has 0 spiro atoms. The highest BCUT2D eigenvalue weighted by molar-refractivity contribution is 14.0. The van der Waals surface area contributed by atoms with Crippen LogP contribution in [0.2, 0.25) is 0 Å². The summed E-state index contributed by atoms with van der Waals surface area (Å²) in [6.45, 7) is 4.79. The van der Waals surface area contributed by atoms with E-state index in [1.165, 1.54) is 12.8 Å². The maximum Gasteiger partial charge on any atom is 0.213 e. The zero-order valence-electron chi connectivity index (χ0n) is 14.4. The van der Waals surface area contributed by atoms with E-state index in [1.54, 1.807) is 6.26 Å². The number of hydrogen-bond donors (Lipinski definition) is 2. The van der Waals surface area contributed by atoms with Crippen LogP contribution in [-0.4, -0.2) is 24.1 Å². The van der Waals surface area contributed by atoms with Gasteiger partial charge >= 0.3 is 0 Å². The molecule has 1 saturated carbocycles. The number of halogens is 1. The first-order valence-electron chi connectivity index (χ1n) is 8.46. The van der Waals surface area contributed by atoms with Crippen molar-refractivity contribution in [2.45, 2.75) is 32.9 Å². The van der Waals surface area contributed by atoms with Gasteiger partial charge in [-0.3, -0.25) is 0 Å². The minimum Gasteiger partial charge on any atom is -0.477 e. The SMILES string of the molecule is CCNC(=NCc1ccc(OCC2CC2)nc1)NCc1ccco1.I. The van der Waals surface area contributed by atoms with E-state index in [0.717, 1.165) is 36.4 Å². The van der Waals surface area contributed by atoms with Gasteiger partial charge < -0.3 is 19.8 Å². The molecule has 0 bridgehead atoms. The Balaban J connectivity index is 0.00000225. The molecule has 0 saturated heterocycles. The van der Waals surface area contributed by atoms with Gasteiger partial charge in [-0.1, -0.05) is 6.07 Å². The second-order valence-corrected chi connectivity index (χ2v) is 5.89. The average molecular weight is 456 g/mol. The first kappa shape index (κ1) is 19.6. The van der Waals surface area contributed by atoms with E-state index in [-0.39, 0.29) is 24.0 Å². The molecule has 1 aliphatic rings. The second kappa shape index (κ2) is 10.3. The predicted octanol–water partition coefficient (Wildman–Crippen LogP) is 3.34. The van der Waals surface area contributed by atoms with Crippen LogP contribution in [0.25, 0.3) is 0 Å². The summed E-state index contributed by atoms with van der Waals surface area (Å²) in [6, 6.07) is 7.73. The molecule has 7 heteroatoms. The van der Waals surface area contributed by atoms with Crippen molar-refractivity contribution < 1.29 is 9.15 Å². The Morgan fingerprint density at radius 2 is 2.20 bits per heavy atom. The van der Waals surface area contributed by atoms with Crippen LogP contribution >= 0.6 is 24.0 Å². The maximum atomic E-state index is 5.65. The molecule has 0 radical (unpaired) electrons. The van der Waals surface area contributed by atoms with Crippen LogP contribution in [0, 0.1) is 5.92 Å². The minimum absolute atomic E-state index is 0. The first-order valence-corrected chi connectivity index (χ1v) is 8.46. The monoisotopic (exact) mass is 456 g/mol. The fourth-order valence-electron chi connectivity index (χ4n) is 2.17. The molecule has 136 valence electrons. The smallest absolute Gasteiger partial charge is 0.213 e. The highest BCUT2D eigenvalue weighted by Gasteiger charge is 2.21. The number of pyridine rings is 1. The Bertz CT molecular complexity index is 640. The number of guanidine groups is 1. The molecule has 1 aliphatic carbocycles. The van der Waals surface area contributed by atoms with Crippen molar-refractivity contribution in [3.63, 3.8) is 0 Å². The minimum atomic E-state index is 0. The van der Waals surface area contributed by atoms with Crippen molar-refractivity contribution in [3.8, 4) is 5.88 Å². The Hall–Kier alpha value is -1.77.